The number of rotatable bonds is 3. The van der Waals surface area contributed by atoms with Crippen LogP contribution in [0.1, 0.15) is 5.56 Å². The molecular weight excluding hydrogens is 322 g/mol. The van der Waals surface area contributed by atoms with E-state index in [-0.39, 0.29) is 20.4 Å². The predicted octanol–water partition coefficient (Wildman–Crippen LogP) is 3.51. The molecule has 1 N–H and O–H groups in total. The van der Waals surface area contributed by atoms with Crippen molar-refractivity contribution in [3.63, 3.8) is 0 Å². The Hall–Kier alpha value is -1.23. The SMILES string of the molecule is c1ccc(CNc2c[te]c3ccccc23)cc1. The van der Waals surface area contributed by atoms with E-state index in [1.165, 1.54) is 16.6 Å². The Morgan fingerprint density at radius 2 is 1.65 bits per heavy atom. The standard InChI is InChI=1S/C15H13NTe/c1-2-6-12(7-3-1)10-16-14-11-17-15-9-5-4-8-13(14)15/h1-9,11,16H,10H2. The first kappa shape index (κ1) is 10.9. The monoisotopic (exact) mass is 337 g/mol. The Labute approximate surface area is 111 Å². The van der Waals surface area contributed by atoms with E-state index in [2.05, 4.69) is 64.0 Å². The van der Waals surface area contributed by atoms with Crippen molar-refractivity contribution in [2.75, 3.05) is 5.32 Å². The molecule has 0 saturated heterocycles. The third-order valence-electron chi connectivity index (χ3n) is 2.81. The van der Waals surface area contributed by atoms with Crippen molar-refractivity contribution in [2.45, 2.75) is 6.54 Å². The molecule has 0 radical (unpaired) electrons. The molecule has 17 heavy (non-hydrogen) atoms. The molecule has 0 atom stereocenters. The summed E-state index contributed by atoms with van der Waals surface area (Å²) >= 11 is -0.102. The number of hydrogen-bond acceptors (Lipinski definition) is 1. The second kappa shape index (κ2) is 4.96. The molecule has 0 saturated carbocycles. The fraction of sp³-hybridized carbons (Fsp3) is 0.0667. The molecule has 1 aromatic heterocycles. The summed E-state index contributed by atoms with van der Waals surface area (Å²) in [5, 5.41) is 4.96. The predicted molar refractivity (Wildman–Crippen MR) is 74.7 cm³/mol. The van der Waals surface area contributed by atoms with Gasteiger partial charge in [-0.15, -0.1) is 0 Å². The van der Waals surface area contributed by atoms with Gasteiger partial charge < -0.3 is 0 Å². The number of nitrogens with one attached hydrogen (secondary N) is 1. The maximum atomic E-state index is 3.55. The third-order valence-corrected chi connectivity index (χ3v) is 5.56. The average Bonchev–Trinajstić information content (AvgIpc) is 2.81. The summed E-state index contributed by atoms with van der Waals surface area (Å²) in [5.74, 6) is 0. The van der Waals surface area contributed by atoms with E-state index in [0.717, 1.165) is 6.54 Å². The number of anilines is 1. The molecule has 0 amide bonds. The molecule has 0 aliphatic carbocycles. The first-order valence-electron chi connectivity index (χ1n) is 5.67. The molecule has 2 heteroatoms. The van der Waals surface area contributed by atoms with Crippen LogP contribution in [-0.4, -0.2) is 20.4 Å². The zero-order valence-corrected chi connectivity index (χ0v) is 11.7. The van der Waals surface area contributed by atoms with Crippen LogP contribution >= 0.6 is 0 Å². The Morgan fingerprint density at radius 3 is 2.53 bits per heavy atom. The van der Waals surface area contributed by atoms with Crippen LogP contribution in [0.3, 0.4) is 0 Å². The molecule has 84 valence electrons. The summed E-state index contributed by atoms with van der Waals surface area (Å²) in [5.41, 5.74) is 2.66. The summed E-state index contributed by atoms with van der Waals surface area (Å²) in [4.78, 5) is 0. The van der Waals surface area contributed by atoms with Crippen molar-refractivity contribution < 1.29 is 0 Å². The van der Waals surface area contributed by atoms with Gasteiger partial charge in [0.05, 0.1) is 0 Å². The van der Waals surface area contributed by atoms with Crippen LogP contribution in [0.5, 0.6) is 0 Å². The van der Waals surface area contributed by atoms with Gasteiger partial charge in [0, 0.05) is 0 Å². The van der Waals surface area contributed by atoms with Crippen LogP contribution < -0.4 is 5.32 Å². The van der Waals surface area contributed by atoms with Gasteiger partial charge in [0.2, 0.25) is 0 Å². The molecule has 3 aromatic rings. The first-order valence-corrected chi connectivity index (χ1v) is 8.18. The fourth-order valence-electron chi connectivity index (χ4n) is 1.91. The minimum atomic E-state index is -0.102. The first-order chi connectivity index (χ1) is 8.43. The average molecular weight is 335 g/mol. The van der Waals surface area contributed by atoms with Crippen LogP contribution in [-0.2, 0) is 6.54 Å². The summed E-state index contributed by atoms with van der Waals surface area (Å²) in [6.45, 7) is 0.911. The number of fused-ring (bicyclic) bond motifs is 1. The van der Waals surface area contributed by atoms with Gasteiger partial charge in [-0.05, 0) is 0 Å². The van der Waals surface area contributed by atoms with Crippen molar-refractivity contribution >= 4 is 34.9 Å². The van der Waals surface area contributed by atoms with Crippen molar-refractivity contribution in [1.29, 1.82) is 0 Å². The Morgan fingerprint density at radius 1 is 0.882 bits per heavy atom. The minimum absolute atomic E-state index is 0.102. The van der Waals surface area contributed by atoms with Gasteiger partial charge in [-0.3, -0.25) is 0 Å². The van der Waals surface area contributed by atoms with E-state index in [0.29, 0.717) is 0 Å². The Bertz CT molecular complexity index is 613. The van der Waals surface area contributed by atoms with Gasteiger partial charge in [0.25, 0.3) is 0 Å². The summed E-state index contributed by atoms with van der Waals surface area (Å²) in [7, 11) is 0. The molecule has 2 aromatic carbocycles. The molecule has 3 rings (SSSR count). The topological polar surface area (TPSA) is 12.0 Å². The second-order valence-corrected chi connectivity index (χ2v) is 6.59. The molecule has 0 fully saturated rings. The molecule has 0 aliphatic rings. The van der Waals surface area contributed by atoms with Crippen LogP contribution in [0.4, 0.5) is 5.69 Å². The van der Waals surface area contributed by atoms with E-state index >= 15 is 0 Å². The van der Waals surface area contributed by atoms with E-state index in [1.807, 2.05) is 0 Å². The molecule has 0 bridgehead atoms. The maximum absolute atomic E-state index is 3.55. The molecule has 1 heterocycles. The van der Waals surface area contributed by atoms with Crippen LogP contribution in [0.25, 0.3) is 8.79 Å². The van der Waals surface area contributed by atoms with Crippen molar-refractivity contribution in [2.24, 2.45) is 0 Å². The van der Waals surface area contributed by atoms with Gasteiger partial charge >= 0.3 is 111 Å². The Balaban J connectivity index is 1.82. The molecule has 1 nitrogen and oxygen atoms in total. The van der Waals surface area contributed by atoms with Gasteiger partial charge in [0.1, 0.15) is 0 Å². The van der Waals surface area contributed by atoms with Crippen LogP contribution in [0.2, 0.25) is 0 Å². The third kappa shape index (κ3) is 2.39. The van der Waals surface area contributed by atoms with Gasteiger partial charge in [-0.1, -0.05) is 0 Å². The number of benzene rings is 2. The molecular formula is C15H13NTe. The molecule has 0 aliphatic heterocycles. The zero-order chi connectivity index (χ0) is 11.5. The molecule has 0 spiro atoms. The molecule has 0 unspecified atom stereocenters. The van der Waals surface area contributed by atoms with Gasteiger partial charge in [-0.2, -0.15) is 0 Å². The van der Waals surface area contributed by atoms with E-state index in [4.69, 9.17) is 0 Å². The van der Waals surface area contributed by atoms with Crippen molar-refractivity contribution in [3.05, 3.63) is 64.2 Å². The van der Waals surface area contributed by atoms with Gasteiger partial charge in [0.15, 0.2) is 0 Å². The normalized spacial score (nSPS) is 10.6. The van der Waals surface area contributed by atoms with E-state index in [1.54, 1.807) is 3.40 Å². The van der Waals surface area contributed by atoms with Crippen molar-refractivity contribution in [3.8, 4) is 0 Å². The second-order valence-electron chi connectivity index (χ2n) is 3.98. The van der Waals surface area contributed by atoms with Crippen LogP contribution in [0, 0.1) is 0 Å². The van der Waals surface area contributed by atoms with Crippen molar-refractivity contribution in [1.82, 2.24) is 0 Å². The quantitative estimate of drug-likeness (QED) is 0.723. The summed E-state index contributed by atoms with van der Waals surface area (Å²) in [6.07, 6.45) is 0. The zero-order valence-electron chi connectivity index (χ0n) is 9.39. The number of hydrogen-bond donors (Lipinski definition) is 1. The van der Waals surface area contributed by atoms with Gasteiger partial charge in [-0.25, -0.2) is 0 Å². The summed E-state index contributed by atoms with van der Waals surface area (Å²) < 4.78 is 3.95. The van der Waals surface area contributed by atoms with Crippen LogP contribution in [0.15, 0.2) is 58.7 Å². The fourth-order valence-corrected chi connectivity index (χ4v) is 4.53. The van der Waals surface area contributed by atoms with E-state index < -0.39 is 0 Å². The Kier molecular flexibility index (Phi) is 3.18. The van der Waals surface area contributed by atoms with E-state index in [9.17, 15) is 0 Å². The summed E-state index contributed by atoms with van der Waals surface area (Å²) in [6, 6.07) is 19.3.